The third-order valence-electron chi connectivity index (χ3n) is 5.67. The molecule has 33 heavy (non-hydrogen) atoms. The Kier molecular flexibility index (Phi) is 4.42. The molecule has 0 aliphatic rings. The van der Waals surface area contributed by atoms with Crippen LogP contribution < -0.4 is 22.4 Å². The monoisotopic (exact) mass is 443 g/mol. The second-order valence-electron chi connectivity index (χ2n) is 7.56. The Morgan fingerprint density at radius 2 is 1.36 bits per heavy atom. The molecular formula is C24H17N3O6. The standard InChI is InChI=1S/C24H17N3O6/c1-25-20-17(21(29)26(2)24(25)32)19-16(22(30)27(20)14-11-7-4-8-12-14)18(28)15(23(31)33-19)13-9-5-3-6-10-13/h3-12,28H,1-2H3. The Hall–Kier alpha value is -4.66. The number of fused-ring (bicyclic) bond motifs is 3. The Morgan fingerprint density at radius 1 is 0.758 bits per heavy atom. The fourth-order valence-electron chi connectivity index (χ4n) is 4.08. The highest BCUT2D eigenvalue weighted by atomic mass is 16.4. The smallest absolute Gasteiger partial charge is 0.348 e. The normalized spacial score (nSPS) is 11.3. The van der Waals surface area contributed by atoms with Gasteiger partial charge in [-0.1, -0.05) is 48.5 Å². The van der Waals surface area contributed by atoms with Gasteiger partial charge in [0.05, 0.1) is 5.69 Å². The summed E-state index contributed by atoms with van der Waals surface area (Å²) in [5.74, 6) is -0.597. The van der Waals surface area contributed by atoms with Crippen molar-refractivity contribution in [1.82, 2.24) is 13.7 Å². The van der Waals surface area contributed by atoms with Crippen molar-refractivity contribution >= 4 is 22.0 Å². The molecule has 3 heterocycles. The van der Waals surface area contributed by atoms with Crippen LogP contribution in [0.4, 0.5) is 0 Å². The SMILES string of the molecule is Cn1c(=O)c2c3oc(=O)c(-c4ccccc4)c(O)c3c(=O)n(-c3ccccc3)c2n(C)c1=O. The third kappa shape index (κ3) is 2.79. The summed E-state index contributed by atoms with van der Waals surface area (Å²) in [5, 5.41) is 10.6. The molecule has 9 heteroatoms. The van der Waals surface area contributed by atoms with Crippen LogP contribution in [0, 0.1) is 0 Å². The molecule has 0 aliphatic carbocycles. The second-order valence-corrected chi connectivity index (χ2v) is 7.56. The number of aryl methyl sites for hydroxylation is 1. The van der Waals surface area contributed by atoms with E-state index in [0.717, 1.165) is 13.7 Å². The van der Waals surface area contributed by atoms with Crippen LogP contribution in [-0.2, 0) is 14.1 Å². The Bertz CT molecular complexity index is 1810. The first-order valence-corrected chi connectivity index (χ1v) is 9.98. The van der Waals surface area contributed by atoms with Crippen molar-refractivity contribution in [3.8, 4) is 22.6 Å². The van der Waals surface area contributed by atoms with Crippen molar-refractivity contribution in [2.75, 3.05) is 0 Å². The Morgan fingerprint density at radius 3 is 2.00 bits per heavy atom. The Balaban J connectivity index is 2.14. The van der Waals surface area contributed by atoms with E-state index in [2.05, 4.69) is 0 Å². The molecule has 0 bridgehead atoms. The number of aromatic hydroxyl groups is 1. The zero-order valence-electron chi connectivity index (χ0n) is 17.6. The summed E-state index contributed by atoms with van der Waals surface area (Å²) in [7, 11) is 2.69. The van der Waals surface area contributed by atoms with E-state index in [1.54, 1.807) is 60.7 Å². The predicted octanol–water partition coefficient (Wildman–Crippen LogP) is 1.87. The van der Waals surface area contributed by atoms with Crippen molar-refractivity contribution in [3.63, 3.8) is 0 Å². The first-order chi connectivity index (χ1) is 15.8. The molecule has 164 valence electrons. The van der Waals surface area contributed by atoms with Crippen LogP contribution in [0.5, 0.6) is 5.75 Å². The average Bonchev–Trinajstić information content (AvgIpc) is 2.82. The van der Waals surface area contributed by atoms with Gasteiger partial charge in [0.2, 0.25) is 0 Å². The lowest BCUT2D eigenvalue weighted by Gasteiger charge is -2.16. The summed E-state index contributed by atoms with van der Waals surface area (Å²) in [5.41, 5.74) is -3.00. The average molecular weight is 443 g/mol. The van der Waals surface area contributed by atoms with Crippen LogP contribution in [0.1, 0.15) is 0 Å². The van der Waals surface area contributed by atoms with Gasteiger partial charge >= 0.3 is 11.3 Å². The summed E-state index contributed by atoms with van der Waals surface area (Å²) >= 11 is 0. The minimum Gasteiger partial charge on any atom is -0.506 e. The van der Waals surface area contributed by atoms with E-state index in [1.165, 1.54) is 14.1 Å². The molecule has 0 aliphatic heterocycles. The highest BCUT2D eigenvalue weighted by molar-refractivity contribution is 6.04. The molecule has 0 spiro atoms. The van der Waals surface area contributed by atoms with E-state index in [0.29, 0.717) is 11.3 Å². The number of para-hydroxylation sites is 1. The van der Waals surface area contributed by atoms with Gasteiger partial charge in [-0.05, 0) is 17.7 Å². The van der Waals surface area contributed by atoms with Crippen LogP contribution in [0.25, 0.3) is 38.8 Å². The number of aromatic nitrogens is 3. The number of hydrogen-bond donors (Lipinski definition) is 1. The summed E-state index contributed by atoms with van der Waals surface area (Å²) in [4.78, 5) is 52.5. The molecule has 5 aromatic rings. The van der Waals surface area contributed by atoms with Crippen LogP contribution in [0.2, 0.25) is 0 Å². The maximum absolute atomic E-state index is 13.7. The van der Waals surface area contributed by atoms with E-state index in [4.69, 9.17) is 4.42 Å². The molecule has 0 unspecified atom stereocenters. The molecule has 5 rings (SSSR count). The molecule has 0 saturated carbocycles. The molecule has 3 aromatic heterocycles. The van der Waals surface area contributed by atoms with Crippen molar-refractivity contribution < 1.29 is 9.52 Å². The van der Waals surface area contributed by atoms with Crippen LogP contribution in [0.15, 0.2) is 84.3 Å². The lowest BCUT2D eigenvalue weighted by atomic mass is 10.0. The predicted molar refractivity (Wildman–Crippen MR) is 123 cm³/mol. The number of rotatable bonds is 2. The largest absolute Gasteiger partial charge is 0.506 e. The summed E-state index contributed by atoms with van der Waals surface area (Å²) in [6.07, 6.45) is 0. The van der Waals surface area contributed by atoms with E-state index < -0.39 is 28.2 Å². The molecular weight excluding hydrogens is 426 g/mol. The van der Waals surface area contributed by atoms with E-state index in [9.17, 15) is 24.3 Å². The number of benzene rings is 2. The molecule has 2 aromatic carbocycles. The van der Waals surface area contributed by atoms with Gasteiger partial charge in [-0.25, -0.2) is 9.59 Å². The summed E-state index contributed by atoms with van der Waals surface area (Å²) in [6, 6.07) is 16.7. The number of nitrogens with zero attached hydrogens (tertiary/aromatic N) is 3. The zero-order chi connectivity index (χ0) is 23.4. The molecule has 0 saturated heterocycles. The lowest BCUT2D eigenvalue weighted by molar-refractivity contribution is 0.470. The van der Waals surface area contributed by atoms with Gasteiger partial charge in [0.1, 0.15) is 27.7 Å². The third-order valence-corrected chi connectivity index (χ3v) is 5.67. The molecule has 0 amide bonds. The topological polar surface area (TPSA) is 116 Å². The van der Waals surface area contributed by atoms with Crippen LogP contribution in [0.3, 0.4) is 0 Å². The minimum atomic E-state index is -0.916. The van der Waals surface area contributed by atoms with Crippen molar-refractivity contribution in [3.05, 3.63) is 102 Å². The summed E-state index contributed by atoms with van der Waals surface area (Å²) < 4.78 is 8.63. The van der Waals surface area contributed by atoms with Gasteiger partial charge in [-0.3, -0.25) is 23.3 Å². The fourth-order valence-corrected chi connectivity index (χ4v) is 4.08. The number of hydrogen-bond acceptors (Lipinski definition) is 6. The summed E-state index contributed by atoms with van der Waals surface area (Å²) in [6.45, 7) is 0. The van der Waals surface area contributed by atoms with Gasteiger partial charge in [-0.2, -0.15) is 0 Å². The first-order valence-electron chi connectivity index (χ1n) is 9.98. The second kappa shape index (κ2) is 7.20. The quantitative estimate of drug-likeness (QED) is 0.417. The molecule has 0 fully saturated rings. The minimum absolute atomic E-state index is 0.0539. The van der Waals surface area contributed by atoms with Gasteiger partial charge in [-0.15, -0.1) is 0 Å². The van der Waals surface area contributed by atoms with Gasteiger partial charge in [0.15, 0.2) is 5.58 Å². The zero-order valence-corrected chi connectivity index (χ0v) is 17.6. The van der Waals surface area contributed by atoms with Gasteiger partial charge in [0.25, 0.3) is 11.1 Å². The fraction of sp³-hybridized carbons (Fsp3) is 0.0833. The highest BCUT2D eigenvalue weighted by Gasteiger charge is 2.26. The maximum atomic E-state index is 13.7. The van der Waals surface area contributed by atoms with E-state index in [-0.39, 0.29) is 27.6 Å². The molecule has 9 nitrogen and oxygen atoms in total. The highest BCUT2D eigenvalue weighted by Crippen LogP contribution is 2.33. The molecule has 0 atom stereocenters. The maximum Gasteiger partial charge on any atom is 0.348 e. The Labute approximate surface area is 184 Å². The van der Waals surface area contributed by atoms with Gasteiger partial charge in [0, 0.05) is 14.1 Å². The van der Waals surface area contributed by atoms with Crippen molar-refractivity contribution in [2.45, 2.75) is 0 Å². The lowest BCUT2D eigenvalue weighted by Crippen LogP contribution is -2.39. The van der Waals surface area contributed by atoms with E-state index in [1.807, 2.05) is 0 Å². The van der Waals surface area contributed by atoms with E-state index >= 15 is 0 Å². The van der Waals surface area contributed by atoms with Crippen molar-refractivity contribution in [2.24, 2.45) is 14.1 Å². The van der Waals surface area contributed by atoms with Gasteiger partial charge < -0.3 is 9.52 Å². The van der Waals surface area contributed by atoms with Crippen LogP contribution in [-0.4, -0.2) is 18.8 Å². The van der Waals surface area contributed by atoms with Crippen LogP contribution >= 0.6 is 0 Å². The molecule has 0 radical (unpaired) electrons. The molecule has 1 N–H and O–H groups in total. The first kappa shape index (κ1) is 20.3. The number of pyridine rings is 1. The van der Waals surface area contributed by atoms with Crippen molar-refractivity contribution in [1.29, 1.82) is 0 Å².